The van der Waals surface area contributed by atoms with E-state index < -0.39 is 17.4 Å². The van der Waals surface area contributed by atoms with Gasteiger partial charge in [-0.1, -0.05) is 19.1 Å². The molecule has 1 atom stereocenters. The highest BCUT2D eigenvalue weighted by atomic mass is 16.5. The fourth-order valence-electron chi connectivity index (χ4n) is 1.36. The Hall–Kier alpha value is -2.24. The third-order valence-electron chi connectivity index (χ3n) is 2.82. The van der Waals surface area contributed by atoms with Crippen LogP contribution in [0.1, 0.15) is 20.3 Å². The topological polar surface area (TPSA) is 95.9 Å². The zero-order chi connectivity index (χ0) is 14.5. The summed E-state index contributed by atoms with van der Waals surface area (Å²) in [6, 6.07) is 6.22. The summed E-state index contributed by atoms with van der Waals surface area (Å²) >= 11 is 0. The molecule has 3 N–H and O–H groups in total. The predicted molar refractivity (Wildman–Crippen MR) is 68.1 cm³/mol. The molecule has 0 aliphatic rings. The van der Waals surface area contributed by atoms with Gasteiger partial charge < -0.3 is 20.3 Å². The van der Waals surface area contributed by atoms with Gasteiger partial charge in [-0.3, -0.25) is 4.79 Å². The van der Waals surface area contributed by atoms with E-state index in [9.17, 15) is 14.7 Å². The molecular formula is C13H17NO5. The molecule has 0 radical (unpaired) electrons. The van der Waals surface area contributed by atoms with Crippen molar-refractivity contribution in [3.8, 4) is 11.5 Å². The highest BCUT2D eigenvalue weighted by molar-refractivity contribution is 5.87. The van der Waals surface area contributed by atoms with Crippen LogP contribution in [0, 0.1) is 0 Å². The normalized spacial score (nSPS) is 13.4. The molecule has 0 heterocycles. The van der Waals surface area contributed by atoms with Gasteiger partial charge in [0.2, 0.25) is 0 Å². The molecule has 6 nitrogen and oxygen atoms in total. The maximum absolute atomic E-state index is 11.6. The molecule has 104 valence electrons. The Morgan fingerprint density at radius 3 is 2.53 bits per heavy atom. The molecule has 19 heavy (non-hydrogen) atoms. The highest BCUT2D eigenvalue weighted by Crippen LogP contribution is 2.24. The van der Waals surface area contributed by atoms with Crippen LogP contribution in [0.2, 0.25) is 0 Å². The van der Waals surface area contributed by atoms with Crippen molar-refractivity contribution in [1.29, 1.82) is 0 Å². The number of phenolic OH excluding ortho intramolecular Hbond substituents is 1. The van der Waals surface area contributed by atoms with Gasteiger partial charge >= 0.3 is 5.97 Å². The number of phenols is 1. The van der Waals surface area contributed by atoms with Crippen molar-refractivity contribution in [2.75, 3.05) is 6.61 Å². The summed E-state index contributed by atoms with van der Waals surface area (Å²) in [6.45, 7) is 2.73. The lowest BCUT2D eigenvalue weighted by Gasteiger charge is -2.24. The first-order valence-corrected chi connectivity index (χ1v) is 5.84. The molecule has 1 amide bonds. The number of aromatic hydroxyl groups is 1. The fourth-order valence-corrected chi connectivity index (χ4v) is 1.36. The van der Waals surface area contributed by atoms with E-state index in [0.29, 0.717) is 0 Å². The largest absolute Gasteiger partial charge is 0.504 e. The summed E-state index contributed by atoms with van der Waals surface area (Å²) in [5.74, 6) is -1.57. The maximum atomic E-state index is 11.6. The number of aliphatic carboxylic acids is 1. The van der Waals surface area contributed by atoms with E-state index in [4.69, 9.17) is 9.84 Å². The second kappa shape index (κ2) is 6.08. The van der Waals surface area contributed by atoms with Crippen LogP contribution in [0.25, 0.3) is 0 Å². The van der Waals surface area contributed by atoms with Crippen LogP contribution in [-0.4, -0.2) is 34.2 Å². The Labute approximate surface area is 111 Å². The average molecular weight is 267 g/mol. The van der Waals surface area contributed by atoms with Crippen LogP contribution in [0.3, 0.4) is 0 Å². The minimum atomic E-state index is -1.32. The van der Waals surface area contributed by atoms with Crippen LogP contribution >= 0.6 is 0 Å². The Morgan fingerprint density at radius 2 is 2.00 bits per heavy atom. The zero-order valence-electron chi connectivity index (χ0n) is 10.8. The molecule has 6 heteroatoms. The van der Waals surface area contributed by atoms with Gasteiger partial charge in [0, 0.05) is 0 Å². The van der Waals surface area contributed by atoms with Gasteiger partial charge in [-0.2, -0.15) is 0 Å². The van der Waals surface area contributed by atoms with Crippen LogP contribution in [-0.2, 0) is 9.59 Å². The van der Waals surface area contributed by atoms with Crippen molar-refractivity contribution < 1.29 is 24.5 Å². The number of rotatable bonds is 6. The standard InChI is InChI=1S/C13H17NO5/c1-3-13(2,12(17)18)14-11(16)8-19-10-7-5-4-6-9(10)15/h4-7,15H,3,8H2,1-2H3,(H,14,16)(H,17,18). The first-order chi connectivity index (χ1) is 8.89. The molecule has 1 aromatic rings. The summed E-state index contributed by atoms with van der Waals surface area (Å²) in [6.07, 6.45) is 0.255. The molecule has 0 bridgehead atoms. The Balaban J connectivity index is 2.57. The summed E-state index contributed by atoms with van der Waals surface area (Å²) in [5, 5.41) is 20.8. The van der Waals surface area contributed by atoms with Gasteiger partial charge in [0.05, 0.1) is 0 Å². The van der Waals surface area contributed by atoms with E-state index >= 15 is 0 Å². The van der Waals surface area contributed by atoms with Gasteiger partial charge in [0.25, 0.3) is 5.91 Å². The average Bonchev–Trinajstić information content (AvgIpc) is 2.37. The van der Waals surface area contributed by atoms with E-state index in [1.807, 2.05) is 0 Å². The molecule has 1 rings (SSSR count). The minimum Gasteiger partial charge on any atom is -0.504 e. The summed E-state index contributed by atoms with van der Waals surface area (Å²) in [4.78, 5) is 22.6. The smallest absolute Gasteiger partial charge is 0.329 e. The number of amides is 1. The van der Waals surface area contributed by atoms with E-state index in [-0.39, 0.29) is 24.5 Å². The molecule has 1 aromatic carbocycles. The van der Waals surface area contributed by atoms with Crippen LogP contribution in [0.4, 0.5) is 0 Å². The molecule has 0 aliphatic heterocycles. The molecule has 0 fully saturated rings. The third kappa shape index (κ3) is 3.87. The van der Waals surface area contributed by atoms with Gasteiger partial charge in [-0.05, 0) is 25.5 Å². The van der Waals surface area contributed by atoms with E-state index in [1.165, 1.54) is 19.1 Å². The van der Waals surface area contributed by atoms with Crippen molar-refractivity contribution in [1.82, 2.24) is 5.32 Å². The Kier molecular flexibility index (Phi) is 4.74. The van der Waals surface area contributed by atoms with Gasteiger partial charge in [-0.25, -0.2) is 4.79 Å². The monoisotopic (exact) mass is 267 g/mol. The Morgan fingerprint density at radius 1 is 1.37 bits per heavy atom. The van der Waals surface area contributed by atoms with Crippen molar-refractivity contribution in [2.45, 2.75) is 25.8 Å². The first kappa shape index (κ1) is 14.8. The van der Waals surface area contributed by atoms with Crippen LogP contribution in [0.5, 0.6) is 11.5 Å². The number of carbonyl (C=O) groups excluding carboxylic acids is 1. The minimum absolute atomic E-state index is 0.0770. The second-order valence-corrected chi connectivity index (χ2v) is 4.30. The van der Waals surface area contributed by atoms with Gasteiger partial charge in [0.1, 0.15) is 5.54 Å². The van der Waals surface area contributed by atoms with Crippen LogP contribution < -0.4 is 10.1 Å². The second-order valence-electron chi connectivity index (χ2n) is 4.30. The summed E-state index contributed by atoms with van der Waals surface area (Å²) in [7, 11) is 0. The lowest BCUT2D eigenvalue weighted by atomic mass is 9.99. The number of hydrogen-bond acceptors (Lipinski definition) is 4. The summed E-state index contributed by atoms with van der Waals surface area (Å²) in [5.41, 5.74) is -1.32. The van der Waals surface area contributed by atoms with Gasteiger partial charge in [-0.15, -0.1) is 0 Å². The van der Waals surface area contributed by atoms with Crippen molar-refractivity contribution in [3.63, 3.8) is 0 Å². The SMILES string of the molecule is CCC(C)(NC(=O)COc1ccccc1O)C(=O)O. The van der Waals surface area contributed by atoms with E-state index in [0.717, 1.165) is 0 Å². The molecular weight excluding hydrogens is 250 g/mol. The fraction of sp³-hybridized carbons (Fsp3) is 0.385. The number of ether oxygens (including phenoxy) is 1. The van der Waals surface area contributed by atoms with Gasteiger partial charge in [0.15, 0.2) is 18.1 Å². The maximum Gasteiger partial charge on any atom is 0.329 e. The number of carboxylic acid groups (broad SMARTS) is 1. The number of benzene rings is 1. The highest BCUT2D eigenvalue weighted by Gasteiger charge is 2.32. The molecule has 0 saturated heterocycles. The summed E-state index contributed by atoms with van der Waals surface area (Å²) < 4.78 is 5.11. The lowest BCUT2D eigenvalue weighted by molar-refractivity contribution is -0.147. The van der Waals surface area contributed by atoms with E-state index in [1.54, 1.807) is 19.1 Å². The number of carboxylic acids is 1. The van der Waals surface area contributed by atoms with E-state index in [2.05, 4.69) is 5.32 Å². The quantitative estimate of drug-likeness (QED) is 0.718. The number of para-hydroxylation sites is 2. The molecule has 0 aromatic heterocycles. The predicted octanol–water partition coefficient (Wildman–Crippen LogP) is 1.14. The molecule has 1 unspecified atom stereocenters. The zero-order valence-corrected chi connectivity index (χ0v) is 10.8. The van der Waals surface area contributed by atoms with Crippen molar-refractivity contribution >= 4 is 11.9 Å². The number of carbonyl (C=O) groups is 2. The first-order valence-electron chi connectivity index (χ1n) is 5.84. The molecule has 0 saturated carbocycles. The van der Waals surface area contributed by atoms with Crippen LogP contribution in [0.15, 0.2) is 24.3 Å². The third-order valence-corrected chi connectivity index (χ3v) is 2.82. The van der Waals surface area contributed by atoms with Crippen molar-refractivity contribution in [2.24, 2.45) is 0 Å². The Bertz CT molecular complexity index is 474. The van der Waals surface area contributed by atoms with Crippen molar-refractivity contribution in [3.05, 3.63) is 24.3 Å². The lowest BCUT2D eigenvalue weighted by Crippen LogP contribution is -2.53. The number of hydrogen-bond donors (Lipinski definition) is 3. The molecule has 0 aliphatic carbocycles. The molecule has 0 spiro atoms. The number of nitrogens with one attached hydrogen (secondary N) is 1.